The van der Waals surface area contributed by atoms with E-state index in [1.165, 1.54) is 18.4 Å². The summed E-state index contributed by atoms with van der Waals surface area (Å²) >= 11 is 5.84. The Kier molecular flexibility index (Phi) is 9.59. The average Bonchev–Trinajstić information content (AvgIpc) is 2.82. The summed E-state index contributed by atoms with van der Waals surface area (Å²) in [5, 5.41) is 4.18. The van der Waals surface area contributed by atoms with Crippen LogP contribution in [0.2, 0.25) is 0 Å². The first-order valence-electron chi connectivity index (χ1n) is 11.3. The number of benzene rings is 2. The summed E-state index contributed by atoms with van der Waals surface area (Å²) in [6.07, 6.45) is 3.56. The third kappa shape index (κ3) is 7.49. The first-order chi connectivity index (χ1) is 15.2. The first kappa shape index (κ1) is 23.5. The Hall–Kier alpha value is -2.15. The molecule has 0 atom stereocenters. The molecule has 5 nitrogen and oxygen atoms in total. The molecule has 1 aliphatic rings. The van der Waals surface area contributed by atoms with Gasteiger partial charge in [0.15, 0.2) is 5.11 Å². The Bertz CT molecular complexity index is 807. The highest BCUT2D eigenvalue weighted by Crippen LogP contribution is 2.20. The van der Waals surface area contributed by atoms with Gasteiger partial charge in [-0.15, -0.1) is 0 Å². The van der Waals surface area contributed by atoms with E-state index in [1.54, 1.807) is 7.11 Å². The van der Waals surface area contributed by atoms with Crippen molar-refractivity contribution in [3.05, 3.63) is 59.7 Å². The van der Waals surface area contributed by atoms with Gasteiger partial charge >= 0.3 is 0 Å². The molecule has 2 aromatic rings. The summed E-state index contributed by atoms with van der Waals surface area (Å²) < 4.78 is 11.0. The number of unbranched alkanes of at least 4 members (excludes halogenated alkanes) is 1. The molecule has 0 bridgehead atoms. The minimum absolute atomic E-state index is 0.703. The number of anilines is 1. The molecule has 0 radical (unpaired) electrons. The predicted octanol–water partition coefficient (Wildman–Crippen LogP) is 4.57. The number of ether oxygens (including phenoxy) is 2. The summed E-state index contributed by atoms with van der Waals surface area (Å²) in [7, 11) is 1.72. The number of hydrogen-bond donors (Lipinski definition) is 1. The van der Waals surface area contributed by atoms with E-state index in [4.69, 9.17) is 21.7 Å². The summed E-state index contributed by atoms with van der Waals surface area (Å²) in [5.74, 6) is 0.891. The van der Waals surface area contributed by atoms with Gasteiger partial charge in [-0.3, -0.25) is 4.90 Å². The van der Waals surface area contributed by atoms with Crippen molar-refractivity contribution in [3.8, 4) is 5.75 Å². The molecule has 1 heterocycles. The second-order valence-electron chi connectivity index (χ2n) is 7.92. The maximum absolute atomic E-state index is 5.84. The number of nitrogens with one attached hydrogen (secondary N) is 1. The van der Waals surface area contributed by atoms with Crippen LogP contribution >= 0.6 is 12.2 Å². The molecule has 168 valence electrons. The Labute approximate surface area is 192 Å². The molecule has 0 spiro atoms. The number of para-hydroxylation sites is 1. The van der Waals surface area contributed by atoms with Crippen molar-refractivity contribution in [1.29, 1.82) is 0 Å². The van der Waals surface area contributed by atoms with Crippen molar-refractivity contribution < 1.29 is 9.47 Å². The van der Waals surface area contributed by atoms with Gasteiger partial charge in [-0.05, 0) is 48.8 Å². The molecule has 31 heavy (non-hydrogen) atoms. The fourth-order valence-corrected chi connectivity index (χ4v) is 3.99. The highest BCUT2D eigenvalue weighted by atomic mass is 32.1. The van der Waals surface area contributed by atoms with Crippen LogP contribution in [0, 0.1) is 0 Å². The van der Waals surface area contributed by atoms with Crippen molar-refractivity contribution >= 4 is 23.0 Å². The normalized spacial score (nSPS) is 14.3. The standard InChI is InChI=1S/C25H35N3O2S/c1-3-4-7-21-10-12-23(13-11-21)26-25(31)28(15-14-27-16-18-30-19-17-27)20-22-8-5-6-9-24(22)29-2/h5-6,8-13H,3-4,7,14-20H2,1-2H3,(H,26,31). The molecule has 6 heteroatoms. The maximum atomic E-state index is 5.84. The van der Waals surface area contributed by atoms with Crippen LogP contribution in [0.3, 0.4) is 0 Å². The van der Waals surface area contributed by atoms with Crippen LogP contribution in [0.15, 0.2) is 48.5 Å². The third-order valence-corrected chi connectivity index (χ3v) is 6.02. The van der Waals surface area contributed by atoms with E-state index < -0.39 is 0 Å². The average molecular weight is 442 g/mol. The van der Waals surface area contributed by atoms with Crippen LogP contribution in [0.5, 0.6) is 5.75 Å². The topological polar surface area (TPSA) is 37.0 Å². The van der Waals surface area contributed by atoms with E-state index in [-0.39, 0.29) is 0 Å². The number of rotatable bonds is 10. The van der Waals surface area contributed by atoms with E-state index >= 15 is 0 Å². The molecule has 1 N–H and O–H groups in total. The SMILES string of the molecule is CCCCc1ccc(NC(=S)N(CCN2CCOCC2)Cc2ccccc2OC)cc1. The lowest BCUT2D eigenvalue weighted by Gasteiger charge is -2.31. The number of nitrogens with zero attached hydrogens (tertiary/aromatic N) is 2. The largest absolute Gasteiger partial charge is 0.496 e. The van der Waals surface area contributed by atoms with Crippen LogP contribution in [-0.2, 0) is 17.7 Å². The number of methoxy groups -OCH3 is 1. The summed E-state index contributed by atoms with van der Waals surface area (Å²) in [6, 6.07) is 16.8. The van der Waals surface area contributed by atoms with E-state index in [2.05, 4.69) is 52.4 Å². The summed E-state index contributed by atoms with van der Waals surface area (Å²) in [6.45, 7) is 8.29. The van der Waals surface area contributed by atoms with Gasteiger partial charge in [0.25, 0.3) is 0 Å². The highest BCUT2D eigenvalue weighted by Gasteiger charge is 2.16. The Morgan fingerprint density at radius 2 is 1.87 bits per heavy atom. The zero-order valence-corrected chi connectivity index (χ0v) is 19.6. The predicted molar refractivity (Wildman–Crippen MR) is 132 cm³/mol. The Morgan fingerprint density at radius 3 is 2.58 bits per heavy atom. The van der Waals surface area contributed by atoms with Crippen LogP contribution in [0.1, 0.15) is 30.9 Å². The third-order valence-electron chi connectivity index (χ3n) is 5.66. The van der Waals surface area contributed by atoms with E-state index in [0.29, 0.717) is 6.54 Å². The molecule has 0 unspecified atom stereocenters. The fraction of sp³-hybridized carbons (Fsp3) is 0.480. The molecule has 1 fully saturated rings. The minimum Gasteiger partial charge on any atom is -0.496 e. The zero-order valence-electron chi connectivity index (χ0n) is 18.8. The zero-order chi connectivity index (χ0) is 21.9. The van der Waals surface area contributed by atoms with Gasteiger partial charge in [0, 0.05) is 44.0 Å². The molecule has 0 saturated carbocycles. The van der Waals surface area contributed by atoms with Gasteiger partial charge in [0.05, 0.1) is 20.3 Å². The molecular weight excluding hydrogens is 406 g/mol. The van der Waals surface area contributed by atoms with E-state index in [1.807, 2.05) is 18.2 Å². The Balaban J connectivity index is 1.67. The molecular formula is C25H35N3O2S. The smallest absolute Gasteiger partial charge is 0.173 e. The van der Waals surface area contributed by atoms with Gasteiger partial charge < -0.3 is 19.7 Å². The molecule has 2 aromatic carbocycles. The van der Waals surface area contributed by atoms with Crippen LogP contribution in [0.25, 0.3) is 0 Å². The van der Waals surface area contributed by atoms with Crippen molar-refractivity contribution in [2.24, 2.45) is 0 Å². The summed E-state index contributed by atoms with van der Waals surface area (Å²) in [4.78, 5) is 4.66. The van der Waals surface area contributed by atoms with Crippen LogP contribution in [-0.4, -0.2) is 61.4 Å². The molecule has 0 amide bonds. The van der Waals surface area contributed by atoms with E-state index in [9.17, 15) is 0 Å². The number of aryl methyl sites for hydroxylation is 1. The molecule has 0 aliphatic carbocycles. The van der Waals surface area contributed by atoms with E-state index in [0.717, 1.165) is 67.9 Å². The van der Waals surface area contributed by atoms with Crippen molar-refractivity contribution in [2.45, 2.75) is 32.7 Å². The lowest BCUT2D eigenvalue weighted by atomic mass is 10.1. The second kappa shape index (κ2) is 12.6. The number of morpholine rings is 1. The lowest BCUT2D eigenvalue weighted by Crippen LogP contribution is -2.44. The van der Waals surface area contributed by atoms with Crippen LogP contribution in [0.4, 0.5) is 5.69 Å². The van der Waals surface area contributed by atoms with Crippen molar-refractivity contribution in [3.63, 3.8) is 0 Å². The maximum Gasteiger partial charge on any atom is 0.173 e. The summed E-state index contributed by atoms with van der Waals surface area (Å²) in [5.41, 5.74) is 3.53. The van der Waals surface area contributed by atoms with Crippen molar-refractivity contribution in [1.82, 2.24) is 9.80 Å². The number of thiocarbonyl (C=S) groups is 1. The molecule has 1 aliphatic heterocycles. The number of hydrogen-bond acceptors (Lipinski definition) is 4. The molecule has 0 aromatic heterocycles. The Morgan fingerprint density at radius 1 is 1.13 bits per heavy atom. The van der Waals surface area contributed by atoms with Gasteiger partial charge in [-0.2, -0.15) is 0 Å². The van der Waals surface area contributed by atoms with Crippen molar-refractivity contribution in [2.75, 3.05) is 51.8 Å². The monoisotopic (exact) mass is 441 g/mol. The van der Waals surface area contributed by atoms with Gasteiger partial charge in [0.2, 0.25) is 0 Å². The lowest BCUT2D eigenvalue weighted by molar-refractivity contribution is 0.0358. The fourth-order valence-electron chi connectivity index (χ4n) is 3.72. The quantitative estimate of drug-likeness (QED) is 0.545. The second-order valence-corrected chi connectivity index (χ2v) is 8.30. The van der Waals surface area contributed by atoms with Gasteiger partial charge in [0.1, 0.15) is 5.75 Å². The molecule has 3 rings (SSSR count). The molecule has 1 saturated heterocycles. The van der Waals surface area contributed by atoms with Gasteiger partial charge in [-0.25, -0.2) is 0 Å². The van der Waals surface area contributed by atoms with Crippen LogP contribution < -0.4 is 10.1 Å². The first-order valence-corrected chi connectivity index (χ1v) is 11.7. The van der Waals surface area contributed by atoms with Gasteiger partial charge in [-0.1, -0.05) is 43.7 Å². The minimum atomic E-state index is 0.703. The highest BCUT2D eigenvalue weighted by molar-refractivity contribution is 7.80.